The van der Waals surface area contributed by atoms with Gasteiger partial charge in [-0.25, -0.2) is 4.39 Å². The van der Waals surface area contributed by atoms with Crippen LogP contribution in [0.25, 0.3) is 0 Å². The second-order valence-corrected chi connectivity index (χ2v) is 4.13. The normalized spacial score (nSPS) is 24.7. The van der Waals surface area contributed by atoms with Crippen molar-refractivity contribution >= 4 is 5.78 Å². The summed E-state index contributed by atoms with van der Waals surface area (Å²) in [4.78, 5) is 12.1. The summed E-state index contributed by atoms with van der Waals surface area (Å²) in [5.74, 6) is -0.871. The first-order valence-corrected chi connectivity index (χ1v) is 5.23. The minimum atomic E-state index is -0.401. The quantitative estimate of drug-likeness (QED) is 0.769. The minimum Gasteiger partial charge on any atom is -0.379 e. The molecule has 0 saturated carbocycles. The Balaban J connectivity index is 2.29. The SMILES string of the molecule is Cc1ccc(F)cc1C(=O)C1COCC1N. The highest BCUT2D eigenvalue weighted by molar-refractivity contribution is 5.99. The van der Waals surface area contributed by atoms with Gasteiger partial charge in [-0.05, 0) is 24.6 Å². The molecule has 4 heteroatoms. The average Bonchev–Trinajstić information content (AvgIpc) is 2.67. The Hall–Kier alpha value is -1.26. The number of nitrogens with two attached hydrogens (primary N) is 1. The number of hydrogen-bond acceptors (Lipinski definition) is 3. The number of benzene rings is 1. The number of carbonyl (C=O) groups is 1. The van der Waals surface area contributed by atoms with Crippen molar-refractivity contribution in [1.29, 1.82) is 0 Å². The summed E-state index contributed by atoms with van der Waals surface area (Å²) >= 11 is 0. The van der Waals surface area contributed by atoms with E-state index < -0.39 is 5.82 Å². The molecule has 0 spiro atoms. The zero-order valence-electron chi connectivity index (χ0n) is 9.07. The number of ether oxygens (including phenoxy) is 1. The Kier molecular flexibility index (Phi) is 3.03. The van der Waals surface area contributed by atoms with E-state index >= 15 is 0 Å². The Morgan fingerprint density at radius 3 is 2.88 bits per heavy atom. The van der Waals surface area contributed by atoms with Crippen LogP contribution in [-0.2, 0) is 4.74 Å². The molecule has 16 heavy (non-hydrogen) atoms. The largest absolute Gasteiger partial charge is 0.379 e. The van der Waals surface area contributed by atoms with Gasteiger partial charge in [-0.1, -0.05) is 6.07 Å². The van der Waals surface area contributed by atoms with E-state index in [0.717, 1.165) is 5.56 Å². The summed E-state index contributed by atoms with van der Waals surface area (Å²) in [5, 5.41) is 0. The van der Waals surface area contributed by atoms with Crippen LogP contribution in [0.2, 0.25) is 0 Å². The maximum atomic E-state index is 13.1. The molecule has 3 nitrogen and oxygen atoms in total. The fraction of sp³-hybridized carbons (Fsp3) is 0.417. The molecule has 1 aliphatic rings. The van der Waals surface area contributed by atoms with Gasteiger partial charge in [0.25, 0.3) is 0 Å². The van der Waals surface area contributed by atoms with Crippen molar-refractivity contribution in [3.8, 4) is 0 Å². The number of Topliss-reactive ketones (excluding diaryl/α,β-unsaturated/α-hetero) is 1. The Labute approximate surface area is 93.4 Å². The fourth-order valence-electron chi connectivity index (χ4n) is 1.90. The van der Waals surface area contributed by atoms with Gasteiger partial charge in [0.2, 0.25) is 0 Å². The van der Waals surface area contributed by atoms with Crippen LogP contribution in [0.1, 0.15) is 15.9 Å². The summed E-state index contributed by atoms with van der Waals surface area (Å²) in [6.07, 6.45) is 0. The van der Waals surface area contributed by atoms with Crippen molar-refractivity contribution in [3.63, 3.8) is 0 Å². The topological polar surface area (TPSA) is 52.3 Å². The third-order valence-corrected chi connectivity index (χ3v) is 2.93. The lowest BCUT2D eigenvalue weighted by atomic mass is 9.91. The Morgan fingerprint density at radius 2 is 2.25 bits per heavy atom. The van der Waals surface area contributed by atoms with Crippen LogP contribution in [0.5, 0.6) is 0 Å². The standard InChI is InChI=1S/C12H14FNO2/c1-7-2-3-8(13)4-9(7)12(15)10-5-16-6-11(10)14/h2-4,10-11H,5-6,14H2,1H3. The molecule has 0 aromatic heterocycles. The first-order valence-electron chi connectivity index (χ1n) is 5.23. The Bertz CT molecular complexity index is 419. The van der Waals surface area contributed by atoms with Crippen molar-refractivity contribution in [2.45, 2.75) is 13.0 Å². The van der Waals surface area contributed by atoms with Crippen LogP contribution in [0.4, 0.5) is 4.39 Å². The molecule has 1 heterocycles. The maximum Gasteiger partial charge on any atom is 0.170 e. The Morgan fingerprint density at radius 1 is 1.50 bits per heavy atom. The average molecular weight is 223 g/mol. The zero-order valence-corrected chi connectivity index (χ0v) is 9.07. The van der Waals surface area contributed by atoms with Crippen LogP contribution < -0.4 is 5.73 Å². The molecule has 0 bridgehead atoms. The van der Waals surface area contributed by atoms with E-state index in [0.29, 0.717) is 18.8 Å². The number of ketones is 1. The maximum absolute atomic E-state index is 13.1. The van der Waals surface area contributed by atoms with Crippen molar-refractivity contribution in [2.75, 3.05) is 13.2 Å². The molecule has 2 rings (SSSR count). The molecule has 1 aromatic carbocycles. The van der Waals surface area contributed by atoms with Gasteiger partial charge in [0.05, 0.1) is 19.1 Å². The first kappa shape index (κ1) is 11.2. The lowest BCUT2D eigenvalue weighted by Crippen LogP contribution is -2.34. The predicted molar refractivity (Wildman–Crippen MR) is 57.8 cm³/mol. The molecule has 1 fully saturated rings. The third-order valence-electron chi connectivity index (χ3n) is 2.93. The molecule has 1 aromatic rings. The molecule has 1 saturated heterocycles. The minimum absolute atomic E-state index is 0.123. The molecular formula is C12H14FNO2. The van der Waals surface area contributed by atoms with Gasteiger partial charge in [-0.2, -0.15) is 0 Å². The van der Waals surface area contributed by atoms with E-state index in [9.17, 15) is 9.18 Å². The lowest BCUT2D eigenvalue weighted by Gasteiger charge is -2.13. The van der Waals surface area contributed by atoms with E-state index in [1.54, 1.807) is 13.0 Å². The van der Waals surface area contributed by atoms with Gasteiger partial charge >= 0.3 is 0 Å². The second-order valence-electron chi connectivity index (χ2n) is 4.13. The highest BCUT2D eigenvalue weighted by atomic mass is 19.1. The summed E-state index contributed by atoms with van der Waals surface area (Å²) < 4.78 is 18.2. The van der Waals surface area contributed by atoms with Crippen LogP contribution in [0.3, 0.4) is 0 Å². The summed E-state index contributed by atoms with van der Waals surface area (Å²) in [7, 11) is 0. The van der Waals surface area contributed by atoms with E-state index in [1.807, 2.05) is 0 Å². The highest BCUT2D eigenvalue weighted by Gasteiger charge is 2.32. The van der Waals surface area contributed by atoms with E-state index in [4.69, 9.17) is 10.5 Å². The summed E-state index contributed by atoms with van der Waals surface area (Å²) in [6.45, 7) is 2.51. The molecule has 0 aliphatic carbocycles. The predicted octanol–water partition coefficient (Wildman–Crippen LogP) is 1.29. The van der Waals surface area contributed by atoms with Crippen LogP contribution >= 0.6 is 0 Å². The molecule has 2 N–H and O–H groups in total. The van der Waals surface area contributed by atoms with Crippen LogP contribution in [0, 0.1) is 18.7 Å². The molecular weight excluding hydrogens is 209 g/mol. The fourth-order valence-corrected chi connectivity index (χ4v) is 1.90. The van der Waals surface area contributed by atoms with Crippen molar-refractivity contribution < 1.29 is 13.9 Å². The van der Waals surface area contributed by atoms with E-state index in [1.165, 1.54) is 12.1 Å². The van der Waals surface area contributed by atoms with Crippen molar-refractivity contribution in [2.24, 2.45) is 11.7 Å². The number of rotatable bonds is 2. The van der Waals surface area contributed by atoms with Crippen LogP contribution in [-0.4, -0.2) is 25.0 Å². The molecule has 2 atom stereocenters. The van der Waals surface area contributed by atoms with Crippen molar-refractivity contribution in [3.05, 3.63) is 35.1 Å². The summed E-state index contributed by atoms with van der Waals surface area (Å²) in [6, 6.07) is 3.93. The van der Waals surface area contributed by atoms with E-state index in [2.05, 4.69) is 0 Å². The zero-order chi connectivity index (χ0) is 11.7. The number of halogens is 1. The monoisotopic (exact) mass is 223 g/mol. The van der Waals surface area contributed by atoms with Gasteiger partial charge in [-0.3, -0.25) is 4.79 Å². The molecule has 0 radical (unpaired) electrons. The van der Waals surface area contributed by atoms with Gasteiger partial charge in [-0.15, -0.1) is 0 Å². The first-order chi connectivity index (χ1) is 7.59. The molecule has 1 aliphatic heterocycles. The summed E-state index contributed by atoms with van der Waals surface area (Å²) in [5.41, 5.74) is 6.94. The second kappa shape index (κ2) is 4.31. The number of aryl methyl sites for hydroxylation is 1. The molecule has 2 unspecified atom stereocenters. The van der Waals surface area contributed by atoms with E-state index in [-0.39, 0.29) is 17.7 Å². The van der Waals surface area contributed by atoms with Crippen molar-refractivity contribution in [1.82, 2.24) is 0 Å². The highest BCUT2D eigenvalue weighted by Crippen LogP contribution is 2.20. The smallest absolute Gasteiger partial charge is 0.170 e. The van der Waals surface area contributed by atoms with Gasteiger partial charge in [0, 0.05) is 11.6 Å². The van der Waals surface area contributed by atoms with Gasteiger partial charge in [0.15, 0.2) is 5.78 Å². The third kappa shape index (κ3) is 1.99. The van der Waals surface area contributed by atoms with Gasteiger partial charge in [0.1, 0.15) is 5.82 Å². The lowest BCUT2D eigenvalue weighted by molar-refractivity contribution is 0.0895. The number of carbonyl (C=O) groups excluding carboxylic acids is 1. The number of hydrogen-bond donors (Lipinski definition) is 1. The molecule has 0 amide bonds. The molecule has 86 valence electrons. The van der Waals surface area contributed by atoms with Crippen LogP contribution in [0.15, 0.2) is 18.2 Å². The van der Waals surface area contributed by atoms with Gasteiger partial charge < -0.3 is 10.5 Å².